The number of carbonyl (C=O) groups is 1. The second kappa shape index (κ2) is 12.4. The van der Waals surface area contributed by atoms with Crippen molar-refractivity contribution in [2.45, 2.75) is 52.7 Å². The molecule has 2 aromatic carbocycles. The SMILES string of the molecule is COCc1cc(-c2nc(-c3cnc(NCCCC(=O)OC(C)(C)C)c(Cl)c3)no2)ccc1-c1ccccc1C. The van der Waals surface area contributed by atoms with Gasteiger partial charge in [-0.25, -0.2) is 4.98 Å². The lowest BCUT2D eigenvalue weighted by Gasteiger charge is -2.19. The Kier molecular flexibility index (Phi) is 8.99. The van der Waals surface area contributed by atoms with E-state index in [0.717, 1.165) is 22.3 Å². The molecule has 0 amide bonds. The van der Waals surface area contributed by atoms with Crippen molar-refractivity contribution in [3.8, 4) is 34.0 Å². The molecule has 0 fully saturated rings. The Labute approximate surface area is 233 Å². The number of carbonyl (C=O) groups excluding carboxylic acids is 1. The second-order valence-electron chi connectivity index (χ2n) is 10.2. The van der Waals surface area contributed by atoms with Crippen LogP contribution in [0.4, 0.5) is 5.82 Å². The fraction of sp³-hybridized carbons (Fsp3) is 0.333. The summed E-state index contributed by atoms with van der Waals surface area (Å²) in [5.74, 6) is 1.06. The quantitative estimate of drug-likeness (QED) is 0.165. The molecule has 0 unspecified atom stereocenters. The second-order valence-corrected chi connectivity index (χ2v) is 10.6. The Morgan fingerprint density at radius 3 is 2.59 bits per heavy atom. The van der Waals surface area contributed by atoms with Crippen LogP contribution in [-0.4, -0.2) is 40.3 Å². The van der Waals surface area contributed by atoms with Gasteiger partial charge < -0.3 is 19.3 Å². The highest BCUT2D eigenvalue weighted by atomic mass is 35.5. The third-order valence-electron chi connectivity index (χ3n) is 5.88. The van der Waals surface area contributed by atoms with Crippen LogP contribution in [0.15, 0.2) is 59.3 Å². The molecule has 4 rings (SSSR count). The molecule has 0 radical (unpaired) electrons. The number of nitrogens with zero attached hydrogens (tertiary/aromatic N) is 3. The van der Waals surface area contributed by atoms with E-state index in [-0.39, 0.29) is 5.97 Å². The number of methoxy groups -OCH3 is 1. The van der Waals surface area contributed by atoms with Gasteiger partial charge in [0.1, 0.15) is 11.4 Å². The number of nitrogens with one attached hydrogen (secondary N) is 1. The first-order valence-corrected chi connectivity index (χ1v) is 13.2. The van der Waals surface area contributed by atoms with Crippen LogP contribution < -0.4 is 5.32 Å². The van der Waals surface area contributed by atoms with Crippen molar-refractivity contribution in [3.05, 3.63) is 70.9 Å². The minimum atomic E-state index is -0.489. The molecule has 8 nitrogen and oxygen atoms in total. The van der Waals surface area contributed by atoms with Crippen LogP contribution in [0, 0.1) is 6.92 Å². The van der Waals surface area contributed by atoms with E-state index in [9.17, 15) is 4.79 Å². The fourth-order valence-corrected chi connectivity index (χ4v) is 4.35. The highest BCUT2D eigenvalue weighted by Crippen LogP contribution is 2.32. The number of aryl methyl sites for hydroxylation is 1. The summed E-state index contributed by atoms with van der Waals surface area (Å²) in [7, 11) is 1.68. The topological polar surface area (TPSA) is 99.4 Å². The number of anilines is 1. The average molecular weight is 549 g/mol. The molecule has 2 heterocycles. The van der Waals surface area contributed by atoms with Crippen molar-refractivity contribution in [3.63, 3.8) is 0 Å². The third kappa shape index (κ3) is 7.43. The summed E-state index contributed by atoms with van der Waals surface area (Å²) in [6.45, 7) is 8.62. The van der Waals surface area contributed by atoms with Gasteiger partial charge in [0.25, 0.3) is 5.89 Å². The van der Waals surface area contributed by atoms with E-state index in [2.05, 4.69) is 45.6 Å². The van der Waals surface area contributed by atoms with Crippen molar-refractivity contribution >= 4 is 23.4 Å². The number of esters is 1. The van der Waals surface area contributed by atoms with Gasteiger partial charge in [-0.1, -0.05) is 47.1 Å². The molecule has 0 aliphatic rings. The molecular formula is C30H33ClN4O4. The number of rotatable bonds is 10. The van der Waals surface area contributed by atoms with Crippen LogP contribution in [0.3, 0.4) is 0 Å². The molecular weight excluding hydrogens is 516 g/mol. The van der Waals surface area contributed by atoms with Crippen LogP contribution in [0.5, 0.6) is 0 Å². The van der Waals surface area contributed by atoms with E-state index < -0.39 is 5.60 Å². The van der Waals surface area contributed by atoms with E-state index >= 15 is 0 Å². The number of hydrogen-bond acceptors (Lipinski definition) is 8. The predicted molar refractivity (Wildman–Crippen MR) is 152 cm³/mol. The van der Waals surface area contributed by atoms with E-state index in [1.807, 2.05) is 45.0 Å². The highest BCUT2D eigenvalue weighted by molar-refractivity contribution is 6.33. The maximum absolute atomic E-state index is 11.9. The largest absolute Gasteiger partial charge is 0.460 e. The normalized spacial score (nSPS) is 11.4. The molecule has 0 atom stereocenters. The van der Waals surface area contributed by atoms with Gasteiger partial charge >= 0.3 is 5.97 Å². The summed E-state index contributed by atoms with van der Waals surface area (Å²) < 4.78 is 16.4. The highest BCUT2D eigenvalue weighted by Gasteiger charge is 2.17. The van der Waals surface area contributed by atoms with Gasteiger partial charge in [0.05, 0.1) is 11.6 Å². The lowest BCUT2D eigenvalue weighted by molar-refractivity contribution is -0.154. The molecule has 0 bridgehead atoms. The maximum Gasteiger partial charge on any atom is 0.306 e. The molecule has 1 N–H and O–H groups in total. The fourth-order valence-electron chi connectivity index (χ4n) is 4.12. The number of aromatic nitrogens is 3. The van der Waals surface area contributed by atoms with E-state index in [1.165, 1.54) is 5.56 Å². The summed E-state index contributed by atoms with van der Waals surface area (Å²) in [5, 5.41) is 7.71. The van der Waals surface area contributed by atoms with Crippen LogP contribution >= 0.6 is 11.6 Å². The number of halogens is 1. The zero-order chi connectivity index (χ0) is 28.0. The van der Waals surface area contributed by atoms with Gasteiger partial charge in [0.15, 0.2) is 0 Å². The zero-order valence-electron chi connectivity index (χ0n) is 22.9. The summed E-state index contributed by atoms with van der Waals surface area (Å²) in [6.07, 6.45) is 2.54. The molecule has 39 heavy (non-hydrogen) atoms. The third-order valence-corrected chi connectivity index (χ3v) is 6.17. The van der Waals surface area contributed by atoms with Crippen molar-refractivity contribution in [1.29, 1.82) is 0 Å². The van der Waals surface area contributed by atoms with Crippen molar-refractivity contribution in [1.82, 2.24) is 15.1 Å². The van der Waals surface area contributed by atoms with E-state index in [0.29, 0.717) is 54.1 Å². The lowest BCUT2D eigenvalue weighted by atomic mass is 9.94. The first-order valence-electron chi connectivity index (χ1n) is 12.8. The number of ether oxygens (including phenoxy) is 2. The first kappa shape index (κ1) is 28.3. The molecule has 0 saturated heterocycles. The molecule has 0 aliphatic heterocycles. The lowest BCUT2D eigenvalue weighted by Crippen LogP contribution is -2.24. The Bertz CT molecular complexity index is 1450. The molecule has 0 saturated carbocycles. The van der Waals surface area contributed by atoms with Crippen LogP contribution in [0.25, 0.3) is 34.0 Å². The monoisotopic (exact) mass is 548 g/mol. The summed E-state index contributed by atoms with van der Waals surface area (Å²) in [4.78, 5) is 20.9. The molecule has 4 aromatic rings. The number of benzene rings is 2. The van der Waals surface area contributed by atoms with Crippen LogP contribution in [0.1, 0.15) is 44.7 Å². The average Bonchev–Trinajstić information content (AvgIpc) is 3.37. The summed E-state index contributed by atoms with van der Waals surface area (Å²) in [6, 6.07) is 16.0. The van der Waals surface area contributed by atoms with Crippen LogP contribution in [-0.2, 0) is 20.9 Å². The number of pyridine rings is 1. The van der Waals surface area contributed by atoms with Gasteiger partial charge in [-0.15, -0.1) is 0 Å². The van der Waals surface area contributed by atoms with Gasteiger partial charge in [0.2, 0.25) is 5.82 Å². The summed E-state index contributed by atoms with van der Waals surface area (Å²) >= 11 is 6.46. The molecule has 204 valence electrons. The van der Waals surface area contributed by atoms with E-state index in [1.54, 1.807) is 19.4 Å². The van der Waals surface area contributed by atoms with Gasteiger partial charge in [0, 0.05) is 37.4 Å². The van der Waals surface area contributed by atoms with E-state index in [4.69, 9.17) is 25.6 Å². The standard InChI is InChI=1S/C30H33ClN4O4/c1-19-9-6-7-10-23(19)24-13-12-20(15-22(24)18-37-5)29-34-27(35-39-29)21-16-25(31)28(33-17-21)32-14-8-11-26(36)38-30(2,3)4/h6-7,9-10,12-13,15-17H,8,11,14,18H2,1-5H3,(H,32,33). The molecule has 0 aliphatic carbocycles. The molecule has 0 spiro atoms. The first-order chi connectivity index (χ1) is 18.6. The maximum atomic E-state index is 11.9. The Hall–Kier alpha value is -3.75. The zero-order valence-corrected chi connectivity index (χ0v) is 23.6. The van der Waals surface area contributed by atoms with Crippen molar-refractivity contribution < 1.29 is 18.8 Å². The minimum absolute atomic E-state index is 0.231. The van der Waals surface area contributed by atoms with Crippen LogP contribution in [0.2, 0.25) is 5.02 Å². The number of hydrogen-bond donors (Lipinski definition) is 1. The Morgan fingerprint density at radius 1 is 1.08 bits per heavy atom. The van der Waals surface area contributed by atoms with Gasteiger partial charge in [-0.3, -0.25) is 4.79 Å². The van der Waals surface area contributed by atoms with Gasteiger partial charge in [-0.05, 0) is 74.6 Å². The van der Waals surface area contributed by atoms with Crippen molar-refractivity contribution in [2.75, 3.05) is 19.0 Å². The Balaban J connectivity index is 1.45. The molecule has 2 aromatic heterocycles. The predicted octanol–water partition coefficient (Wildman–Crippen LogP) is 7.11. The van der Waals surface area contributed by atoms with Crippen molar-refractivity contribution in [2.24, 2.45) is 0 Å². The smallest absolute Gasteiger partial charge is 0.306 e. The molecule has 9 heteroatoms. The summed E-state index contributed by atoms with van der Waals surface area (Å²) in [5.41, 5.74) is 5.40. The minimum Gasteiger partial charge on any atom is -0.460 e. The van der Waals surface area contributed by atoms with Gasteiger partial charge in [-0.2, -0.15) is 4.98 Å². The Morgan fingerprint density at radius 2 is 1.87 bits per heavy atom.